The fourth-order valence-electron chi connectivity index (χ4n) is 5.82. The molecule has 0 unspecified atom stereocenters. The third kappa shape index (κ3) is 6.03. The van der Waals surface area contributed by atoms with Crippen molar-refractivity contribution in [1.29, 1.82) is 0 Å². The third-order valence-corrected chi connectivity index (χ3v) is 9.53. The molecular weight excluding hydrogens is 597 g/mol. The Morgan fingerprint density at radius 3 is 2.50 bits per heavy atom. The molecule has 10 nitrogen and oxygen atoms in total. The van der Waals surface area contributed by atoms with Crippen molar-refractivity contribution in [3.8, 4) is 16.3 Å². The number of fused-ring (bicyclic) bond motifs is 1. The molecule has 5 N–H and O–H groups in total. The van der Waals surface area contributed by atoms with Gasteiger partial charge in [-0.15, -0.1) is 24.5 Å². The highest BCUT2D eigenvalue weighted by Gasteiger charge is 2.47. The summed E-state index contributed by atoms with van der Waals surface area (Å²) in [6.45, 7) is 3.33. The molecule has 1 aromatic carbocycles. The maximum absolute atomic E-state index is 12.6. The molecule has 234 valence electrons. The number of anilines is 2. The van der Waals surface area contributed by atoms with Crippen LogP contribution in [0.4, 0.5) is 24.9 Å². The van der Waals surface area contributed by atoms with Crippen LogP contribution in [-0.2, 0) is 0 Å². The first-order valence-corrected chi connectivity index (χ1v) is 15.3. The van der Waals surface area contributed by atoms with Gasteiger partial charge >= 0.3 is 6.36 Å². The Bertz CT molecular complexity index is 1650. The van der Waals surface area contributed by atoms with Crippen molar-refractivity contribution in [2.75, 3.05) is 17.2 Å². The molecule has 2 fully saturated rings. The average Bonchev–Trinajstić information content (AvgIpc) is 3.48. The van der Waals surface area contributed by atoms with E-state index in [1.165, 1.54) is 35.6 Å². The molecule has 2 aliphatic carbocycles. The Morgan fingerprint density at radius 1 is 1.11 bits per heavy atom. The second-order valence-electron chi connectivity index (χ2n) is 11.5. The van der Waals surface area contributed by atoms with Gasteiger partial charge in [-0.25, -0.2) is 9.97 Å². The molecule has 3 heterocycles. The van der Waals surface area contributed by atoms with E-state index in [0.29, 0.717) is 34.2 Å². The molecule has 0 saturated heterocycles. The maximum Gasteiger partial charge on any atom is 0.573 e. The van der Waals surface area contributed by atoms with Gasteiger partial charge < -0.3 is 30.7 Å². The molecule has 2 aliphatic rings. The highest BCUT2D eigenvalue weighted by molar-refractivity contribution is 7.21. The van der Waals surface area contributed by atoms with Crippen molar-refractivity contribution < 1.29 is 33.2 Å². The molecule has 4 aromatic rings. The van der Waals surface area contributed by atoms with E-state index >= 15 is 0 Å². The Morgan fingerprint density at radius 2 is 1.86 bits per heavy atom. The first-order chi connectivity index (χ1) is 20.9. The van der Waals surface area contributed by atoms with Crippen LogP contribution in [0.2, 0.25) is 0 Å². The van der Waals surface area contributed by atoms with Gasteiger partial charge in [0, 0.05) is 24.6 Å². The van der Waals surface area contributed by atoms with Crippen molar-refractivity contribution in [3.63, 3.8) is 0 Å². The third-order valence-electron chi connectivity index (χ3n) is 8.49. The van der Waals surface area contributed by atoms with Crippen LogP contribution in [0, 0.1) is 12.8 Å². The standard InChI is InChI=1S/C30H33F3N6O4S/c1-15(17-6-8-20(9-7-17)43-30(31,32)33)35-28-36-16(2)22(26(38-28)39-29(42)12-10-19(14-40)25(29)41)27-37-24-21(44-27)11-13-34-23(24)18-4-3-5-18/h6-9,11,13,15,18-19,25,40-42H,3-5,10,12,14H2,1-2H3,(H2,35,36,38,39)/t15-,19-,25-,29-/m1/s1. The number of nitrogens with one attached hydrogen (secondary N) is 2. The quantitative estimate of drug-likeness (QED) is 0.147. The molecule has 0 bridgehead atoms. The summed E-state index contributed by atoms with van der Waals surface area (Å²) < 4.78 is 42.7. The zero-order valence-corrected chi connectivity index (χ0v) is 24.9. The predicted octanol–water partition coefficient (Wildman–Crippen LogP) is 5.66. The number of alkyl halides is 3. The lowest BCUT2D eigenvalue weighted by Gasteiger charge is -2.31. The molecule has 3 aromatic heterocycles. The highest BCUT2D eigenvalue weighted by Crippen LogP contribution is 2.44. The van der Waals surface area contributed by atoms with Gasteiger partial charge in [-0.1, -0.05) is 18.6 Å². The van der Waals surface area contributed by atoms with E-state index in [1.807, 2.05) is 13.0 Å². The van der Waals surface area contributed by atoms with E-state index in [0.717, 1.165) is 35.2 Å². The molecule has 14 heteroatoms. The molecular formula is C30H33F3N6O4S. The van der Waals surface area contributed by atoms with Gasteiger partial charge in [-0.05, 0) is 63.3 Å². The first-order valence-electron chi connectivity index (χ1n) is 14.5. The molecule has 4 atom stereocenters. The second-order valence-corrected chi connectivity index (χ2v) is 12.5. The lowest BCUT2D eigenvalue weighted by atomic mass is 9.82. The van der Waals surface area contributed by atoms with Gasteiger partial charge in [0.05, 0.1) is 27.7 Å². The van der Waals surface area contributed by atoms with Crippen LogP contribution < -0.4 is 15.4 Å². The normalized spacial score (nSPS) is 23.0. The summed E-state index contributed by atoms with van der Waals surface area (Å²) in [6, 6.07) is 7.01. The largest absolute Gasteiger partial charge is 0.573 e. The summed E-state index contributed by atoms with van der Waals surface area (Å²) in [6.07, 6.45) is -0.333. The first kappa shape index (κ1) is 30.4. The minimum absolute atomic E-state index is 0.184. The number of hydrogen-bond acceptors (Lipinski definition) is 11. The topological polar surface area (TPSA) is 146 Å². The van der Waals surface area contributed by atoms with E-state index in [-0.39, 0.29) is 30.5 Å². The van der Waals surface area contributed by atoms with Crippen LogP contribution >= 0.6 is 11.3 Å². The predicted molar refractivity (Wildman–Crippen MR) is 159 cm³/mol. The van der Waals surface area contributed by atoms with Crippen LogP contribution in [0.3, 0.4) is 0 Å². The number of nitrogens with zero attached hydrogens (tertiary/aromatic N) is 4. The average molecular weight is 631 g/mol. The van der Waals surface area contributed by atoms with Gasteiger partial charge in [0.1, 0.15) is 28.2 Å². The van der Waals surface area contributed by atoms with Crippen LogP contribution in [0.15, 0.2) is 36.5 Å². The van der Waals surface area contributed by atoms with Crippen molar-refractivity contribution in [1.82, 2.24) is 19.9 Å². The number of halogens is 3. The second kappa shape index (κ2) is 11.7. The SMILES string of the molecule is Cc1nc(N[C@H](C)c2ccc(OC(F)(F)F)cc2)nc(N[C@@]2(O)CC[C@H](CO)[C@H]2O)c1-c1nc2c(C3CCC3)nccc2s1. The van der Waals surface area contributed by atoms with Crippen molar-refractivity contribution in [2.45, 2.75) is 76.1 Å². The summed E-state index contributed by atoms with van der Waals surface area (Å²) in [5, 5.41) is 38.9. The number of aryl methyl sites for hydroxylation is 1. The lowest BCUT2D eigenvalue weighted by Crippen LogP contribution is -2.48. The highest BCUT2D eigenvalue weighted by atomic mass is 32.1. The van der Waals surface area contributed by atoms with Crippen molar-refractivity contribution in [2.24, 2.45) is 5.92 Å². The summed E-state index contributed by atoms with van der Waals surface area (Å²) >= 11 is 1.46. The van der Waals surface area contributed by atoms with Crippen LogP contribution in [0.5, 0.6) is 5.75 Å². The number of rotatable bonds is 9. The summed E-state index contributed by atoms with van der Waals surface area (Å²) in [7, 11) is 0. The monoisotopic (exact) mass is 630 g/mol. The lowest BCUT2D eigenvalue weighted by molar-refractivity contribution is -0.274. The van der Waals surface area contributed by atoms with Crippen LogP contribution in [-0.4, -0.2) is 60.1 Å². The number of aromatic nitrogens is 4. The summed E-state index contributed by atoms with van der Waals surface area (Å²) in [4.78, 5) is 19.0. The van der Waals surface area contributed by atoms with Crippen molar-refractivity contribution >= 4 is 33.3 Å². The molecule has 0 aliphatic heterocycles. The molecule has 6 rings (SSSR count). The van der Waals surface area contributed by atoms with Crippen molar-refractivity contribution in [3.05, 3.63) is 53.5 Å². The van der Waals surface area contributed by atoms with Crippen LogP contribution in [0.25, 0.3) is 20.8 Å². The number of thiazole rings is 1. The number of aliphatic hydroxyl groups excluding tert-OH is 2. The van der Waals surface area contributed by atoms with E-state index < -0.39 is 30.2 Å². The van der Waals surface area contributed by atoms with Crippen LogP contribution in [0.1, 0.15) is 67.9 Å². The maximum atomic E-state index is 12.6. The molecule has 2 saturated carbocycles. The van der Waals surface area contributed by atoms with E-state index in [1.54, 1.807) is 13.1 Å². The van der Waals surface area contributed by atoms with E-state index in [2.05, 4.69) is 25.3 Å². The summed E-state index contributed by atoms with van der Waals surface area (Å²) in [5.41, 5.74) is 1.83. The Labute approximate surface area is 255 Å². The Hall–Kier alpha value is -3.59. The van der Waals surface area contributed by atoms with Gasteiger partial charge in [0.15, 0.2) is 5.72 Å². The number of hydrogen-bond donors (Lipinski definition) is 5. The Balaban J connectivity index is 1.36. The number of benzene rings is 1. The van der Waals surface area contributed by atoms with Gasteiger partial charge in [0.2, 0.25) is 5.95 Å². The number of ether oxygens (including phenoxy) is 1. The molecule has 0 spiro atoms. The fraction of sp³-hybridized carbons (Fsp3) is 0.467. The zero-order chi connectivity index (χ0) is 31.2. The fourth-order valence-corrected chi connectivity index (χ4v) is 6.88. The Kier molecular flexibility index (Phi) is 8.11. The van der Waals surface area contributed by atoms with Gasteiger partial charge in [-0.2, -0.15) is 4.98 Å². The number of aliphatic hydroxyl groups is 3. The van der Waals surface area contributed by atoms with E-state index in [4.69, 9.17) is 9.97 Å². The minimum Gasteiger partial charge on any atom is -0.406 e. The van der Waals surface area contributed by atoms with Gasteiger partial charge in [-0.3, -0.25) is 4.98 Å². The minimum atomic E-state index is -4.78. The molecule has 0 amide bonds. The van der Waals surface area contributed by atoms with Gasteiger partial charge in [0.25, 0.3) is 0 Å². The smallest absolute Gasteiger partial charge is 0.406 e. The molecule has 0 radical (unpaired) electrons. The molecule has 44 heavy (non-hydrogen) atoms. The van der Waals surface area contributed by atoms with E-state index in [9.17, 15) is 28.5 Å². The zero-order valence-electron chi connectivity index (χ0n) is 24.1. The summed E-state index contributed by atoms with van der Waals surface area (Å²) in [5.74, 6) is -0.00891. The number of pyridine rings is 1.